The van der Waals surface area contributed by atoms with Crippen LogP contribution in [0.25, 0.3) is 0 Å². The third-order valence-corrected chi connectivity index (χ3v) is 5.71. The minimum atomic E-state index is -3.14. The van der Waals surface area contributed by atoms with Crippen LogP contribution >= 0.6 is 11.3 Å². The molecule has 0 N–H and O–H groups in total. The van der Waals surface area contributed by atoms with Crippen molar-refractivity contribution >= 4 is 34.0 Å². The van der Waals surface area contributed by atoms with Crippen molar-refractivity contribution in [3.8, 4) is 11.5 Å². The first-order chi connectivity index (χ1) is 15.7. The van der Waals surface area contributed by atoms with E-state index in [9.17, 15) is 18.4 Å². The zero-order chi connectivity index (χ0) is 24.1. The van der Waals surface area contributed by atoms with E-state index in [2.05, 4.69) is 9.72 Å². The topological polar surface area (TPSA) is 78.0 Å². The number of hydrogen-bond donors (Lipinski definition) is 0. The van der Waals surface area contributed by atoms with Gasteiger partial charge in [0.1, 0.15) is 12.2 Å². The summed E-state index contributed by atoms with van der Waals surface area (Å²) in [5.74, 6) is -1.52. The van der Waals surface area contributed by atoms with Gasteiger partial charge < -0.3 is 14.2 Å². The quantitative estimate of drug-likeness (QED) is 0.405. The van der Waals surface area contributed by atoms with Gasteiger partial charge in [-0.2, -0.15) is 8.78 Å². The first-order valence-electron chi connectivity index (χ1n) is 9.83. The molecular formula is C23H22F2N2O5S. The zero-order valence-electron chi connectivity index (χ0n) is 18.4. The smallest absolute Gasteiger partial charge is 0.387 e. The highest BCUT2D eigenvalue weighted by atomic mass is 32.1. The minimum absolute atomic E-state index is 0.0219. The Labute approximate surface area is 193 Å². The van der Waals surface area contributed by atoms with Crippen LogP contribution in [0.3, 0.4) is 0 Å². The van der Waals surface area contributed by atoms with Crippen LogP contribution in [-0.2, 0) is 16.1 Å². The van der Waals surface area contributed by atoms with Gasteiger partial charge in [0.05, 0.1) is 18.5 Å². The van der Waals surface area contributed by atoms with E-state index in [0.29, 0.717) is 16.5 Å². The molecule has 1 heterocycles. The number of thiazole rings is 1. The van der Waals surface area contributed by atoms with Gasteiger partial charge in [-0.1, -0.05) is 18.2 Å². The lowest BCUT2D eigenvalue weighted by Crippen LogP contribution is -2.23. The number of esters is 1. The number of alkyl halides is 2. The number of benzene rings is 2. The van der Waals surface area contributed by atoms with E-state index in [0.717, 1.165) is 11.1 Å². The van der Waals surface area contributed by atoms with Crippen molar-refractivity contribution in [2.75, 3.05) is 12.0 Å². The normalized spacial score (nSPS) is 10.8. The number of hydrogen-bond acceptors (Lipinski definition) is 7. The SMILES string of the molecule is COc1cccc(C(=O)OCc2csc(N(C(C)=O)c3cccc(C)c3C)n2)c1OC(F)F. The number of carbonyl (C=O) groups excluding carboxylic acids is 2. The molecule has 0 saturated heterocycles. The second-order valence-electron chi connectivity index (χ2n) is 6.99. The highest BCUT2D eigenvalue weighted by molar-refractivity contribution is 7.14. The maximum absolute atomic E-state index is 12.8. The van der Waals surface area contributed by atoms with Crippen LogP contribution in [0.2, 0.25) is 0 Å². The summed E-state index contributed by atoms with van der Waals surface area (Å²) in [5, 5.41) is 2.08. The fourth-order valence-corrected chi connectivity index (χ4v) is 3.98. The van der Waals surface area contributed by atoms with Gasteiger partial charge in [0.2, 0.25) is 5.91 Å². The summed E-state index contributed by atoms with van der Waals surface area (Å²) in [6, 6.07) is 9.80. The van der Waals surface area contributed by atoms with E-state index in [1.54, 1.807) is 5.38 Å². The molecular weight excluding hydrogens is 454 g/mol. The van der Waals surface area contributed by atoms with Crippen molar-refractivity contribution in [3.63, 3.8) is 0 Å². The second kappa shape index (κ2) is 10.4. The molecule has 0 fully saturated rings. The number of halogens is 2. The summed E-state index contributed by atoms with van der Waals surface area (Å²) in [5.41, 5.74) is 2.89. The Morgan fingerprint density at radius 2 is 1.88 bits per heavy atom. The van der Waals surface area contributed by atoms with Crippen LogP contribution in [0.15, 0.2) is 41.8 Å². The molecule has 0 atom stereocenters. The Morgan fingerprint density at radius 1 is 1.15 bits per heavy atom. The summed E-state index contributed by atoms with van der Waals surface area (Å²) >= 11 is 1.22. The number of amides is 1. The van der Waals surface area contributed by atoms with E-state index in [1.165, 1.54) is 48.5 Å². The predicted molar refractivity (Wildman–Crippen MR) is 120 cm³/mol. The Balaban J connectivity index is 1.79. The Bertz CT molecular complexity index is 1170. The average molecular weight is 477 g/mol. The molecule has 10 heteroatoms. The molecule has 0 unspecified atom stereocenters. The molecule has 0 radical (unpaired) electrons. The molecule has 2 aromatic carbocycles. The Kier molecular flexibility index (Phi) is 7.59. The molecule has 3 rings (SSSR count). The second-order valence-corrected chi connectivity index (χ2v) is 7.82. The van der Waals surface area contributed by atoms with Gasteiger partial charge in [0, 0.05) is 12.3 Å². The van der Waals surface area contributed by atoms with Crippen molar-refractivity contribution in [2.45, 2.75) is 34.0 Å². The van der Waals surface area contributed by atoms with E-state index in [-0.39, 0.29) is 23.8 Å². The molecule has 0 aliphatic carbocycles. The largest absolute Gasteiger partial charge is 0.493 e. The molecule has 1 amide bonds. The number of anilines is 2. The number of para-hydroxylation sites is 1. The molecule has 3 aromatic rings. The van der Waals surface area contributed by atoms with Crippen molar-refractivity contribution in [1.29, 1.82) is 0 Å². The fraction of sp³-hybridized carbons (Fsp3) is 0.261. The van der Waals surface area contributed by atoms with Crippen molar-refractivity contribution in [1.82, 2.24) is 4.98 Å². The van der Waals surface area contributed by atoms with Gasteiger partial charge in [0.15, 0.2) is 16.6 Å². The summed E-state index contributed by atoms with van der Waals surface area (Å²) < 4.78 is 40.3. The van der Waals surface area contributed by atoms with Crippen molar-refractivity contribution in [3.05, 3.63) is 64.2 Å². The molecule has 1 aromatic heterocycles. The monoisotopic (exact) mass is 476 g/mol. The summed E-state index contributed by atoms with van der Waals surface area (Å²) in [4.78, 5) is 30.8. The Hall–Kier alpha value is -3.53. The van der Waals surface area contributed by atoms with Crippen LogP contribution in [0, 0.1) is 13.8 Å². The van der Waals surface area contributed by atoms with Crippen LogP contribution in [-0.4, -0.2) is 30.6 Å². The van der Waals surface area contributed by atoms with Crippen LogP contribution in [0.5, 0.6) is 11.5 Å². The van der Waals surface area contributed by atoms with Crippen molar-refractivity contribution < 1.29 is 32.6 Å². The van der Waals surface area contributed by atoms with E-state index >= 15 is 0 Å². The maximum atomic E-state index is 12.8. The first-order valence-corrected chi connectivity index (χ1v) is 10.7. The summed E-state index contributed by atoms with van der Waals surface area (Å²) in [6.07, 6.45) is 0. The molecule has 0 aliphatic rings. The Morgan fingerprint density at radius 3 is 2.55 bits per heavy atom. The van der Waals surface area contributed by atoms with E-state index in [1.807, 2.05) is 32.0 Å². The van der Waals surface area contributed by atoms with Crippen LogP contribution < -0.4 is 14.4 Å². The van der Waals surface area contributed by atoms with Crippen molar-refractivity contribution in [2.24, 2.45) is 0 Å². The molecule has 174 valence electrons. The number of rotatable bonds is 8. The third kappa shape index (κ3) is 5.46. The number of aromatic nitrogens is 1. The lowest BCUT2D eigenvalue weighted by molar-refractivity contribution is -0.115. The number of nitrogens with zero attached hydrogens (tertiary/aromatic N) is 2. The number of methoxy groups -OCH3 is 1. The lowest BCUT2D eigenvalue weighted by Gasteiger charge is -2.21. The zero-order valence-corrected chi connectivity index (χ0v) is 19.2. The minimum Gasteiger partial charge on any atom is -0.493 e. The standard InChI is InChI=1S/C23H22F2N2O5S/c1-13-7-5-9-18(14(13)2)27(15(3)28)23-26-16(12-33-23)11-31-21(29)17-8-6-10-19(30-4)20(17)32-22(24)25/h5-10,12,22H,11H2,1-4H3. The van der Waals surface area contributed by atoms with Gasteiger partial charge >= 0.3 is 12.6 Å². The van der Waals surface area contributed by atoms with E-state index < -0.39 is 18.3 Å². The molecule has 0 bridgehead atoms. The van der Waals surface area contributed by atoms with Crippen LogP contribution in [0.4, 0.5) is 19.6 Å². The predicted octanol–water partition coefficient (Wildman–Crippen LogP) is 5.41. The molecule has 0 spiro atoms. The molecule has 0 aliphatic heterocycles. The van der Waals surface area contributed by atoms with Gasteiger partial charge in [-0.25, -0.2) is 9.78 Å². The summed E-state index contributed by atoms with van der Waals surface area (Å²) in [7, 11) is 1.27. The molecule has 33 heavy (non-hydrogen) atoms. The van der Waals surface area contributed by atoms with Gasteiger partial charge in [-0.05, 0) is 43.2 Å². The van der Waals surface area contributed by atoms with Crippen LogP contribution in [0.1, 0.15) is 34.1 Å². The van der Waals surface area contributed by atoms with E-state index in [4.69, 9.17) is 9.47 Å². The highest BCUT2D eigenvalue weighted by Gasteiger charge is 2.23. The average Bonchev–Trinajstić information content (AvgIpc) is 3.23. The third-order valence-electron chi connectivity index (χ3n) is 4.84. The van der Waals surface area contributed by atoms with Gasteiger partial charge in [-0.15, -0.1) is 11.3 Å². The molecule has 7 nitrogen and oxygen atoms in total. The highest BCUT2D eigenvalue weighted by Crippen LogP contribution is 2.34. The number of carbonyl (C=O) groups is 2. The number of aryl methyl sites for hydroxylation is 1. The maximum Gasteiger partial charge on any atom is 0.387 e. The molecule has 0 saturated carbocycles. The summed E-state index contributed by atoms with van der Waals surface area (Å²) in [6.45, 7) is 1.95. The lowest BCUT2D eigenvalue weighted by atomic mass is 10.1. The van der Waals surface area contributed by atoms with Gasteiger partial charge in [-0.3, -0.25) is 9.69 Å². The van der Waals surface area contributed by atoms with Gasteiger partial charge in [0.25, 0.3) is 0 Å². The fourth-order valence-electron chi connectivity index (χ4n) is 3.12. The number of ether oxygens (including phenoxy) is 3. The first kappa shape index (κ1) is 24.1.